The number of carboxylic acid groups (broad SMARTS) is 1. The number of rotatable bonds is 3. The molecule has 0 fully saturated rings. The zero-order chi connectivity index (χ0) is 13.8. The van der Waals surface area contributed by atoms with E-state index in [0.29, 0.717) is 11.4 Å². The number of hydrogen-bond donors (Lipinski definition) is 2. The molecule has 1 amide bonds. The average molecular weight is 248 g/mol. The lowest BCUT2D eigenvalue weighted by Crippen LogP contribution is -2.28. The molecule has 0 spiro atoms. The van der Waals surface area contributed by atoms with Crippen LogP contribution >= 0.6 is 0 Å². The third-order valence-corrected chi connectivity index (χ3v) is 2.16. The maximum absolute atomic E-state index is 11.8. The Hall–Kier alpha value is -2.17. The van der Waals surface area contributed by atoms with Crippen molar-refractivity contribution in [1.29, 1.82) is 0 Å². The number of nitrogens with one attached hydrogen (secondary N) is 1. The van der Waals surface area contributed by atoms with Crippen LogP contribution < -0.4 is 5.32 Å². The third-order valence-electron chi connectivity index (χ3n) is 2.16. The van der Waals surface area contributed by atoms with Crippen LogP contribution in [0.2, 0.25) is 0 Å². The number of carboxylic acids is 1. The van der Waals surface area contributed by atoms with Crippen LogP contribution in [0.1, 0.15) is 26.3 Å². The predicted octanol–water partition coefficient (Wildman–Crippen LogP) is 2.16. The number of nitrogens with zero attached hydrogens (tertiary/aromatic N) is 1. The summed E-state index contributed by atoms with van der Waals surface area (Å²) in [5, 5.41) is 11.3. The molecule has 0 saturated carbocycles. The van der Waals surface area contributed by atoms with E-state index in [1.54, 1.807) is 32.9 Å². The maximum Gasteiger partial charge on any atom is 0.328 e. The molecule has 18 heavy (non-hydrogen) atoms. The van der Waals surface area contributed by atoms with Gasteiger partial charge in [0.05, 0.1) is 0 Å². The quantitative estimate of drug-likeness (QED) is 0.803. The molecule has 0 aromatic carbocycles. The van der Waals surface area contributed by atoms with Crippen LogP contribution in [0, 0.1) is 5.41 Å². The second-order valence-electron chi connectivity index (χ2n) is 4.82. The zero-order valence-corrected chi connectivity index (χ0v) is 10.6. The van der Waals surface area contributed by atoms with Crippen molar-refractivity contribution in [3.63, 3.8) is 0 Å². The number of pyridine rings is 1. The van der Waals surface area contributed by atoms with Gasteiger partial charge in [-0.2, -0.15) is 0 Å². The summed E-state index contributed by atoms with van der Waals surface area (Å²) >= 11 is 0. The first-order valence-electron chi connectivity index (χ1n) is 5.48. The van der Waals surface area contributed by atoms with Gasteiger partial charge in [0.15, 0.2) is 0 Å². The Balaban J connectivity index is 2.96. The van der Waals surface area contributed by atoms with Crippen molar-refractivity contribution in [2.75, 3.05) is 5.32 Å². The van der Waals surface area contributed by atoms with Crippen molar-refractivity contribution in [3.8, 4) is 0 Å². The predicted molar refractivity (Wildman–Crippen MR) is 69.0 cm³/mol. The van der Waals surface area contributed by atoms with Crippen LogP contribution in [0.3, 0.4) is 0 Å². The van der Waals surface area contributed by atoms with Gasteiger partial charge in [0.2, 0.25) is 5.91 Å². The molecule has 5 nitrogen and oxygen atoms in total. The SMILES string of the molecule is CC(C)(C)C(=O)Nc1ncccc1/C=C/C(=O)O. The lowest BCUT2D eigenvalue weighted by atomic mass is 9.95. The third kappa shape index (κ3) is 4.01. The summed E-state index contributed by atoms with van der Waals surface area (Å²) in [5.74, 6) is -0.868. The summed E-state index contributed by atoms with van der Waals surface area (Å²) in [6.45, 7) is 5.37. The Morgan fingerprint density at radius 3 is 2.61 bits per heavy atom. The van der Waals surface area contributed by atoms with Crippen LogP contribution in [0.4, 0.5) is 5.82 Å². The molecule has 1 aromatic heterocycles. The summed E-state index contributed by atoms with van der Waals surface area (Å²) in [5.41, 5.74) is 0.0168. The highest BCUT2D eigenvalue weighted by atomic mass is 16.4. The smallest absolute Gasteiger partial charge is 0.328 e. The number of amides is 1. The molecule has 2 N–H and O–H groups in total. The van der Waals surface area contributed by atoms with Crippen LogP contribution in [-0.4, -0.2) is 22.0 Å². The van der Waals surface area contributed by atoms with Crippen LogP contribution in [0.15, 0.2) is 24.4 Å². The van der Waals surface area contributed by atoms with E-state index >= 15 is 0 Å². The Morgan fingerprint density at radius 1 is 1.39 bits per heavy atom. The van der Waals surface area contributed by atoms with Crippen LogP contribution in [0.5, 0.6) is 0 Å². The lowest BCUT2D eigenvalue weighted by molar-refractivity contribution is -0.131. The summed E-state index contributed by atoms with van der Waals surface area (Å²) < 4.78 is 0. The molecule has 5 heteroatoms. The number of hydrogen-bond acceptors (Lipinski definition) is 3. The number of carbonyl (C=O) groups excluding carboxylic acids is 1. The van der Waals surface area contributed by atoms with Gasteiger partial charge in [-0.25, -0.2) is 9.78 Å². The van der Waals surface area contributed by atoms with Crippen LogP contribution in [-0.2, 0) is 9.59 Å². The van der Waals surface area contributed by atoms with E-state index in [-0.39, 0.29) is 5.91 Å². The minimum absolute atomic E-state index is 0.175. The first-order valence-corrected chi connectivity index (χ1v) is 5.48. The highest BCUT2D eigenvalue weighted by Gasteiger charge is 2.22. The molecule has 1 heterocycles. The molecule has 0 unspecified atom stereocenters. The fourth-order valence-corrected chi connectivity index (χ4v) is 1.11. The largest absolute Gasteiger partial charge is 0.478 e. The number of anilines is 1. The molecule has 0 bridgehead atoms. The molecule has 1 aromatic rings. The summed E-state index contributed by atoms with van der Waals surface area (Å²) in [4.78, 5) is 26.3. The number of aromatic nitrogens is 1. The Bertz CT molecular complexity index is 487. The van der Waals surface area contributed by atoms with E-state index in [0.717, 1.165) is 6.08 Å². The van der Waals surface area contributed by atoms with Gasteiger partial charge in [-0.05, 0) is 18.2 Å². The van der Waals surface area contributed by atoms with Crippen molar-refractivity contribution in [1.82, 2.24) is 4.98 Å². The second kappa shape index (κ2) is 5.44. The van der Waals surface area contributed by atoms with E-state index in [2.05, 4.69) is 10.3 Å². The normalized spacial score (nSPS) is 11.5. The summed E-state index contributed by atoms with van der Waals surface area (Å²) in [6, 6.07) is 3.36. The van der Waals surface area contributed by atoms with Gasteiger partial charge in [-0.1, -0.05) is 20.8 Å². The van der Waals surface area contributed by atoms with E-state index < -0.39 is 11.4 Å². The van der Waals surface area contributed by atoms with Crippen LogP contribution in [0.25, 0.3) is 6.08 Å². The molecular formula is C13H16N2O3. The highest BCUT2D eigenvalue weighted by Crippen LogP contribution is 2.19. The van der Waals surface area contributed by atoms with E-state index in [1.165, 1.54) is 12.3 Å². The molecule has 1 rings (SSSR count). The Morgan fingerprint density at radius 2 is 2.06 bits per heavy atom. The second-order valence-corrected chi connectivity index (χ2v) is 4.82. The van der Waals surface area contributed by atoms with Crippen molar-refractivity contribution < 1.29 is 14.7 Å². The van der Waals surface area contributed by atoms with Gasteiger partial charge in [-0.15, -0.1) is 0 Å². The summed E-state index contributed by atoms with van der Waals surface area (Å²) in [6.07, 6.45) is 3.94. The Labute approximate surface area is 106 Å². The molecule has 0 aliphatic rings. The molecule has 0 aliphatic carbocycles. The van der Waals surface area contributed by atoms with Crippen molar-refractivity contribution in [2.24, 2.45) is 5.41 Å². The highest BCUT2D eigenvalue weighted by molar-refractivity contribution is 5.96. The molecular weight excluding hydrogens is 232 g/mol. The fraction of sp³-hybridized carbons (Fsp3) is 0.308. The first-order chi connectivity index (χ1) is 8.30. The standard InChI is InChI=1S/C13H16N2O3/c1-13(2,3)12(18)15-11-9(5-4-8-14-11)6-7-10(16)17/h4-8H,1-3H3,(H,16,17)(H,14,15,18)/b7-6+. The monoisotopic (exact) mass is 248 g/mol. The average Bonchev–Trinajstić information content (AvgIpc) is 2.26. The molecule has 96 valence electrons. The Kier molecular flexibility index (Phi) is 4.20. The van der Waals surface area contributed by atoms with E-state index in [4.69, 9.17) is 5.11 Å². The van der Waals surface area contributed by atoms with Crippen molar-refractivity contribution in [2.45, 2.75) is 20.8 Å². The number of carbonyl (C=O) groups is 2. The van der Waals surface area contributed by atoms with E-state index in [1.807, 2.05) is 0 Å². The zero-order valence-electron chi connectivity index (χ0n) is 10.6. The molecule has 0 aliphatic heterocycles. The van der Waals surface area contributed by atoms with Gasteiger partial charge < -0.3 is 10.4 Å². The molecule has 0 atom stereocenters. The van der Waals surface area contributed by atoms with Gasteiger partial charge in [-0.3, -0.25) is 4.79 Å². The lowest BCUT2D eigenvalue weighted by Gasteiger charge is -2.17. The van der Waals surface area contributed by atoms with E-state index in [9.17, 15) is 9.59 Å². The van der Waals surface area contributed by atoms with Crippen molar-refractivity contribution in [3.05, 3.63) is 30.0 Å². The van der Waals surface area contributed by atoms with Gasteiger partial charge in [0, 0.05) is 23.3 Å². The minimum Gasteiger partial charge on any atom is -0.478 e. The van der Waals surface area contributed by atoms with Crippen molar-refractivity contribution >= 4 is 23.8 Å². The van der Waals surface area contributed by atoms with Gasteiger partial charge in [0.1, 0.15) is 5.82 Å². The topological polar surface area (TPSA) is 79.3 Å². The fourth-order valence-electron chi connectivity index (χ4n) is 1.11. The van der Waals surface area contributed by atoms with Gasteiger partial charge in [0.25, 0.3) is 0 Å². The van der Waals surface area contributed by atoms with Gasteiger partial charge >= 0.3 is 5.97 Å². The molecule has 0 saturated heterocycles. The first kappa shape index (κ1) is 13.9. The maximum atomic E-state index is 11.8. The molecule has 0 radical (unpaired) electrons. The number of aliphatic carboxylic acids is 1. The minimum atomic E-state index is -1.05. The summed E-state index contributed by atoms with van der Waals surface area (Å²) in [7, 11) is 0.